The molecule has 6 nitrogen and oxygen atoms in total. The van der Waals surface area contributed by atoms with Crippen LogP contribution in [0.1, 0.15) is 75.3 Å². The molecule has 1 aromatic rings. The second-order valence-electron chi connectivity index (χ2n) is 13.6. The second-order valence-corrected chi connectivity index (χ2v) is 15.3. The predicted octanol–water partition coefficient (Wildman–Crippen LogP) is 7.01. The fraction of sp³-hybridized carbons (Fsp3) is 0.750. The highest BCUT2D eigenvalue weighted by Gasteiger charge is 2.60. The zero-order chi connectivity index (χ0) is 32.7. The number of ketones is 1. The highest BCUT2D eigenvalue weighted by atomic mass is 32.2. The molecular formula is C32H41F6NO5S. The summed E-state index contributed by atoms with van der Waals surface area (Å²) < 4.78 is 102. The summed E-state index contributed by atoms with van der Waals surface area (Å²) in [6, 6.07) is 5.49. The number of halogens is 6. The lowest BCUT2D eigenvalue weighted by Gasteiger charge is -2.51. The fourth-order valence-electron chi connectivity index (χ4n) is 8.32. The zero-order valence-electron chi connectivity index (χ0n) is 25.6. The van der Waals surface area contributed by atoms with Gasteiger partial charge in [-0.1, -0.05) is 13.0 Å². The number of carbonyl (C=O) groups excluding carboxylic acids is 2. The van der Waals surface area contributed by atoms with E-state index in [9.17, 15) is 40.1 Å². The molecule has 45 heavy (non-hydrogen) atoms. The van der Waals surface area contributed by atoms with Gasteiger partial charge in [0.1, 0.15) is 11.9 Å². The lowest BCUT2D eigenvalue weighted by molar-refractivity contribution is -0.284. The maximum absolute atomic E-state index is 14.8. The molecule has 2 saturated carbocycles. The van der Waals surface area contributed by atoms with Crippen molar-refractivity contribution in [2.75, 3.05) is 31.6 Å². The average Bonchev–Trinajstić information content (AvgIpc) is 3.46. The molecule has 1 saturated heterocycles. The Balaban J connectivity index is 1.27. The number of hydrogen-bond donors (Lipinski definition) is 0. The summed E-state index contributed by atoms with van der Waals surface area (Å²) in [7, 11) is 0.377. The molecule has 0 amide bonds. The van der Waals surface area contributed by atoms with Gasteiger partial charge in [-0.15, -0.1) is 0 Å². The van der Waals surface area contributed by atoms with E-state index in [1.165, 1.54) is 0 Å². The van der Waals surface area contributed by atoms with Crippen LogP contribution in [0.15, 0.2) is 18.2 Å². The lowest BCUT2D eigenvalue weighted by Crippen LogP contribution is -2.46. The average molecular weight is 666 g/mol. The Hall–Kier alpha value is -2.15. The van der Waals surface area contributed by atoms with Crippen molar-refractivity contribution >= 4 is 22.7 Å². The summed E-state index contributed by atoms with van der Waals surface area (Å²) in [6.45, 7) is 3.33. The molecule has 1 aromatic carbocycles. The topological polar surface area (TPSA) is 72.9 Å². The van der Waals surface area contributed by atoms with Crippen molar-refractivity contribution < 1.29 is 49.6 Å². The highest BCUT2D eigenvalue weighted by Crippen LogP contribution is 2.62. The van der Waals surface area contributed by atoms with E-state index >= 15 is 0 Å². The molecule has 8 atom stereocenters. The van der Waals surface area contributed by atoms with E-state index in [1.807, 2.05) is 26.1 Å². The van der Waals surface area contributed by atoms with E-state index in [1.54, 1.807) is 6.07 Å². The molecule has 0 bridgehead atoms. The molecule has 0 radical (unpaired) electrons. The molecule has 252 valence electrons. The predicted molar refractivity (Wildman–Crippen MR) is 156 cm³/mol. The number of carbonyl (C=O) groups is 2. The van der Waals surface area contributed by atoms with Crippen LogP contribution >= 0.6 is 0 Å². The Morgan fingerprint density at radius 1 is 1.13 bits per heavy atom. The van der Waals surface area contributed by atoms with Crippen molar-refractivity contribution in [2.45, 2.75) is 95.0 Å². The van der Waals surface area contributed by atoms with Gasteiger partial charge in [-0.25, -0.2) is 9.18 Å². The normalized spacial score (nSPS) is 32.5. The SMILES string of the molecule is CN1CCC(OC(=O)Oc2ccc3c(c2)C[C@@H](CCCS(=O)CCCC(F)(F)C(F)(F)F)[C@@H]2[C@@H]3CC[C@]3(C)C(=O)C(F)C[C@@H]23)C1. The van der Waals surface area contributed by atoms with Crippen LogP contribution in [0.25, 0.3) is 0 Å². The molecule has 5 rings (SSSR count). The van der Waals surface area contributed by atoms with Gasteiger partial charge in [0.05, 0.1) is 0 Å². The van der Waals surface area contributed by atoms with Crippen LogP contribution in [-0.4, -0.2) is 77.1 Å². The first-order valence-electron chi connectivity index (χ1n) is 15.8. The summed E-state index contributed by atoms with van der Waals surface area (Å²) in [6.07, 6.45) is -6.33. The molecule has 3 aliphatic carbocycles. The molecule has 0 spiro atoms. The molecule has 13 heteroatoms. The van der Waals surface area contributed by atoms with Gasteiger partial charge in [-0.05, 0) is 105 Å². The van der Waals surface area contributed by atoms with Crippen molar-refractivity contribution in [3.63, 3.8) is 0 Å². The monoisotopic (exact) mass is 665 g/mol. The number of Topliss-reactive ketones (excluding diaryl/α,β-unsaturated/α-hetero) is 1. The Labute approximate surface area is 262 Å². The number of rotatable bonds is 10. The van der Waals surface area contributed by atoms with Crippen molar-refractivity contribution in [1.29, 1.82) is 0 Å². The molecule has 0 aromatic heterocycles. The first-order chi connectivity index (χ1) is 21.1. The van der Waals surface area contributed by atoms with Gasteiger partial charge >= 0.3 is 18.3 Å². The Morgan fingerprint density at radius 3 is 2.56 bits per heavy atom. The van der Waals surface area contributed by atoms with Gasteiger partial charge < -0.3 is 14.4 Å². The van der Waals surface area contributed by atoms with Crippen LogP contribution in [0.4, 0.5) is 31.1 Å². The quantitative estimate of drug-likeness (QED) is 0.152. The molecule has 3 fully saturated rings. The van der Waals surface area contributed by atoms with E-state index < -0.39 is 53.5 Å². The third-order valence-electron chi connectivity index (χ3n) is 10.6. The minimum Gasteiger partial charge on any atom is -0.429 e. The number of likely N-dealkylation sites (tertiary alicyclic amines) is 1. The minimum atomic E-state index is -5.63. The van der Waals surface area contributed by atoms with Gasteiger partial charge in [0.25, 0.3) is 0 Å². The first kappa shape index (κ1) is 34.2. The van der Waals surface area contributed by atoms with Crippen LogP contribution < -0.4 is 4.74 Å². The largest absolute Gasteiger partial charge is 0.514 e. The number of hydrogen-bond acceptors (Lipinski definition) is 6. The van der Waals surface area contributed by atoms with Crippen LogP contribution in [0, 0.1) is 23.2 Å². The smallest absolute Gasteiger partial charge is 0.429 e. The Kier molecular flexibility index (Phi) is 10.00. The molecule has 1 aliphatic heterocycles. The molecule has 0 N–H and O–H groups in total. The van der Waals surface area contributed by atoms with Gasteiger partial charge in [0.15, 0.2) is 12.0 Å². The van der Waals surface area contributed by atoms with Crippen molar-refractivity contribution in [3.05, 3.63) is 29.3 Å². The summed E-state index contributed by atoms with van der Waals surface area (Å²) in [4.78, 5) is 27.5. The van der Waals surface area contributed by atoms with E-state index in [0.717, 1.165) is 24.1 Å². The standard InChI is InChI=1S/C32H41F6NO5S/c1-30-11-8-24-23-7-6-21(43-29(41)44-22-9-12-39(2)18-22)16-20(23)15-19(27(24)25(30)17-26(33)28(30)40)5-3-13-45(42)14-4-10-31(34,35)32(36,37)38/h6-7,16,19,22,24-27H,3-5,8-15,17-18H2,1-2H3/t19-,22?,24-,25+,26?,27-,30+,45?/m1/s1. The van der Waals surface area contributed by atoms with Crippen molar-refractivity contribution in [2.24, 2.45) is 23.2 Å². The third kappa shape index (κ3) is 7.23. The minimum absolute atomic E-state index is 0.00375. The summed E-state index contributed by atoms with van der Waals surface area (Å²) in [5.41, 5.74) is 1.30. The number of nitrogens with zero attached hydrogens (tertiary/aromatic N) is 1. The summed E-state index contributed by atoms with van der Waals surface area (Å²) in [5, 5.41) is 0. The van der Waals surface area contributed by atoms with Gasteiger partial charge in [-0.3, -0.25) is 9.00 Å². The summed E-state index contributed by atoms with van der Waals surface area (Å²) in [5.74, 6) is -5.03. The second kappa shape index (κ2) is 13.2. The maximum atomic E-state index is 14.8. The zero-order valence-corrected chi connectivity index (χ0v) is 26.4. The fourth-order valence-corrected chi connectivity index (χ4v) is 9.48. The van der Waals surface area contributed by atoms with Crippen molar-refractivity contribution in [3.8, 4) is 5.75 Å². The lowest BCUT2D eigenvalue weighted by atomic mass is 9.52. The van der Waals surface area contributed by atoms with E-state index in [4.69, 9.17) is 9.47 Å². The Morgan fingerprint density at radius 2 is 1.87 bits per heavy atom. The highest BCUT2D eigenvalue weighted by molar-refractivity contribution is 7.84. The van der Waals surface area contributed by atoms with Crippen LogP contribution in [-0.2, 0) is 26.8 Å². The van der Waals surface area contributed by atoms with Crippen LogP contribution in [0.2, 0.25) is 0 Å². The summed E-state index contributed by atoms with van der Waals surface area (Å²) >= 11 is 0. The van der Waals surface area contributed by atoms with Crippen molar-refractivity contribution in [1.82, 2.24) is 4.90 Å². The van der Waals surface area contributed by atoms with E-state index in [-0.39, 0.29) is 53.5 Å². The van der Waals surface area contributed by atoms with Gasteiger partial charge in [0.2, 0.25) is 0 Å². The van der Waals surface area contributed by atoms with E-state index in [0.29, 0.717) is 44.4 Å². The number of benzene rings is 1. The number of alkyl halides is 6. The number of likely N-dealkylation sites (N-methyl/N-ethyl adjacent to an activating group) is 1. The van der Waals surface area contributed by atoms with E-state index in [2.05, 4.69) is 4.90 Å². The third-order valence-corrected chi connectivity index (χ3v) is 12.1. The molecule has 1 heterocycles. The maximum Gasteiger partial charge on any atom is 0.514 e. The number of fused-ring (bicyclic) bond motifs is 5. The Bertz CT molecular complexity index is 1290. The molecule has 4 aliphatic rings. The van der Waals surface area contributed by atoms with Gasteiger partial charge in [0, 0.05) is 47.2 Å². The van der Waals surface area contributed by atoms with Crippen LogP contribution in [0.3, 0.4) is 0 Å². The molecule has 3 unspecified atom stereocenters. The number of ether oxygens (including phenoxy) is 2. The first-order valence-corrected chi connectivity index (χ1v) is 17.3. The van der Waals surface area contributed by atoms with Gasteiger partial charge in [-0.2, -0.15) is 22.0 Å². The molecular weight excluding hydrogens is 624 g/mol. The van der Waals surface area contributed by atoms with Crippen LogP contribution in [0.5, 0.6) is 5.75 Å².